The molecular weight excluding hydrogens is 577 g/mol. The Morgan fingerprint density at radius 3 is 1.04 bits per heavy atom. The lowest BCUT2D eigenvalue weighted by molar-refractivity contribution is -0.141. The Labute approximate surface area is 298 Å². The summed E-state index contributed by atoms with van der Waals surface area (Å²) in [5, 5.41) is 0. The summed E-state index contributed by atoms with van der Waals surface area (Å²) in [6, 6.07) is 0. The molecule has 9 aliphatic carbocycles. The number of hydrogen-bond donors (Lipinski definition) is 0. The zero-order chi connectivity index (χ0) is 31.9. The highest BCUT2D eigenvalue weighted by Gasteiger charge is 2.58. The Kier molecular flexibility index (Phi) is 10.8. The van der Waals surface area contributed by atoms with E-state index in [0.29, 0.717) is 0 Å². The van der Waals surface area contributed by atoms with E-state index < -0.39 is 0 Å². The molecule has 8 fully saturated rings. The van der Waals surface area contributed by atoms with Crippen molar-refractivity contribution in [3.63, 3.8) is 0 Å². The van der Waals surface area contributed by atoms with Crippen molar-refractivity contribution in [2.24, 2.45) is 94.7 Å². The Hall–Kier alpha value is -0.260. The second-order valence-corrected chi connectivity index (χ2v) is 20.6. The first kappa shape index (κ1) is 33.6. The standard InChI is InChI=1S/C48H78/c1-2-17-33-18-5-7-23-37(35(33)21-3-1)39-24-8-10-26-41(39)47-43-28-12-14-30-45(43)48(46-31-15-13-29-44(46)47)42-27-11-9-25-40(42)38-32-16-20-34-19-4-6-22-36(34)38/h1-2,33-48H,3-32H2/t33-,34-,35?,36-,37+,38?,39?,40?,41-,42?,43+,44?,45?,46?,47?,48?/m1/s1. The van der Waals surface area contributed by atoms with Crippen molar-refractivity contribution in [3.05, 3.63) is 12.2 Å². The van der Waals surface area contributed by atoms with Crippen molar-refractivity contribution < 1.29 is 0 Å². The molecule has 0 aromatic carbocycles. The lowest BCUT2D eigenvalue weighted by Gasteiger charge is -2.63. The normalized spacial score (nSPS) is 51.7. The van der Waals surface area contributed by atoms with Gasteiger partial charge in [0.25, 0.3) is 0 Å². The van der Waals surface area contributed by atoms with Gasteiger partial charge in [-0.3, -0.25) is 0 Å². The quantitative estimate of drug-likeness (QED) is 0.265. The topological polar surface area (TPSA) is 0 Å². The predicted molar refractivity (Wildman–Crippen MR) is 203 cm³/mol. The van der Waals surface area contributed by atoms with E-state index in [4.69, 9.17) is 0 Å². The Balaban J connectivity index is 1.04. The molecule has 0 aliphatic heterocycles. The van der Waals surface area contributed by atoms with E-state index in [-0.39, 0.29) is 0 Å². The third-order valence-electron chi connectivity index (χ3n) is 19.0. The van der Waals surface area contributed by atoms with Crippen LogP contribution in [0.4, 0.5) is 0 Å². The third kappa shape index (κ3) is 6.39. The minimum atomic E-state index is 1.02. The van der Waals surface area contributed by atoms with Crippen LogP contribution in [0.2, 0.25) is 0 Å². The van der Waals surface area contributed by atoms with Crippen LogP contribution in [0.3, 0.4) is 0 Å². The van der Waals surface area contributed by atoms with Crippen LogP contribution in [-0.4, -0.2) is 0 Å². The van der Waals surface area contributed by atoms with Crippen LogP contribution >= 0.6 is 0 Å². The van der Waals surface area contributed by atoms with Crippen molar-refractivity contribution in [3.8, 4) is 0 Å². The van der Waals surface area contributed by atoms with Crippen molar-refractivity contribution in [1.29, 1.82) is 0 Å². The van der Waals surface area contributed by atoms with E-state index in [2.05, 4.69) is 12.2 Å². The highest BCUT2D eigenvalue weighted by atomic mass is 14.6. The molecule has 48 heavy (non-hydrogen) atoms. The Morgan fingerprint density at radius 1 is 0.229 bits per heavy atom. The first-order chi connectivity index (χ1) is 23.9. The van der Waals surface area contributed by atoms with Gasteiger partial charge in [0.2, 0.25) is 0 Å². The number of rotatable bonds is 4. The summed E-state index contributed by atoms with van der Waals surface area (Å²) in [7, 11) is 0. The maximum atomic E-state index is 2.62. The van der Waals surface area contributed by atoms with Crippen molar-refractivity contribution >= 4 is 0 Å². The lowest BCUT2D eigenvalue weighted by atomic mass is 9.42. The third-order valence-corrected chi connectivity index (χ3v) is 19.0. The molecule has 0 bridgehead atoms. The zero-order valence-corrected chi connectivity index (χ0v) is 31.6. The molecule has 9 rings (SSSR count). The Bertz CT molecular complexity index is 1030. The number of fused-ring (bicyclic) bond motifs is 4. The average Bonchev–Trinajstić information content (AvgIpc) is 3.50. The van der Waals surface area contributed by atoms with Gasteiger partial charge >= 0.3 is 0 Å². The summed E-state index contributed by atoms with van der Waals surface area (Å²) in [4.78, 5) is 0. The van der Waals surface area contributed by atoms with Crippen molar-refractivity contribution in [2.45, 2.75) is 193 Å². The predicted octanol–water partition coefficient (Wildman–Crippen LogP) is 14.2. The number of allylic oxidation sites excluding steroid dienone is 2. The summed E-state index contributed by atoms with van der Waals surface area (Å²) in [5.41, 5.74) is 0. The van der Waals surface area contributed by atoms with Crippen LogP contribution in [-0.2, 0) is 0 Å². The molecule has 0 nitrogen and oxygen atoms in total. The summed E-state index contributed by atoms with van der Waals surface area (Å²) < 4.78 is 0. The minimum absolute atomic E-state index is 1.02. The SMILES string of the molecule is C1=CC[C@@H]2CCCC[C@H](C3CCCC[C@H]3C3C4CCCCC4C(C4CCCCC4C4CCC[C@H]5CCCC[C@@H]45)C4CCCC[C@@H]43)C2CC1. The average molecular weight is 655 g/mol. The zero-order valence-electron chi connectivity index (χ0n) is 31.6. The van der Waals surface area contributed by atoms with E-state index in [1.165, 1.54) is 25.7 Å². The van der Waals surface area contributed by atoms with E-state index >= 15 is 0 Å². The van der Waals surface area contributed by atoms with E-state index in [1.807, 2.05) is 0 Å². The van der Waals surface area contributed by atoms with Crippen LogP contribution in [0.15, 0.2) is 12.2 Å². The molecule has 0 radical (unpaired) electrons. The lowest BCUT2D eigenvalue weighted by Crippen LogP contribution is -2.56. The molecule has 0 aromatic heterocycles. The minimum Gasteiger partial charge on any atom is -0.0885 e. The molecule has 10 unspecified atom stereocenters. The second-order valence-electron chi connectivity index (χ2n) is 20.6. The fourth-order valence-electron chi connectivity index (χ4n) is 17.6. The molecule has 270 valence electrons. The van der Waals surface area contributed by atoms with E-state index in [1.54, 1.807) is 167 Å². The maximum Gasteiger partial charge on any atom is -0.0319 e. The van der Waals surface area contributed by atoms with Gasteiger partial charge in [0, 0.05) is 0 Å². The molecular formula is C48H78. The van der Waals surface area contributed by atoms with E-state index in [9.17, 15) is 0 Å². The molecule has 0 N–H and O–H groups in total. The molecule has 0 heteroatoms. The van der Waals surface area contributed by atoms with Crippen LogP contribution in [0, 0.1) is 94.7 Å². The first-order valence-corrected chi connectivity index (χ1v) is 23.5. The molecule has 0 aromatic rings. The molecule has 8 saturated carbocycles. The summed E-state index contributed by atoms with van der Waals surface area (Å²) in [6.45, 7) is 0. The molecule has 0 amide bonds. The van der Waals surface area contributed by atoms with Crippen LogP contribution < -0.4 is 0 Å². The molecule has 0 spiro atoms. The first-order valence-electron chi connectivity index (χ1n) is 23.5. The molecule has 16 atom stereocenters. The van der Waals surface area contributed by atoms with Crippen LogP contribution in [0.1, 0.15) is 193 Å². The van der Waals surface area contributed by atoms with Gasteiger partial charge in [0.05, 0.1) is 0 Å². The van der Waals surface area contributed by atoms with Gasteiger partial charge < -0.3 is 0 Å². The van der Waals surface area contributed by atoms with Gasteiger partial charge in [-0.15, -0.1) is 0 Å². The molecule has 9 aliphatic rings. The van der Waals surface area contributed by atoms with Gasteiger partial charge in [0.15, 0.2) is 0 Å². The summed E-state index contributed by atoms with van der Waals surface area (Å²) in [5.74, 6) is 17.6. The maximum absolute atomic E-state index is 2.62. The molecule has 0 heterocycles. The van der Waals surface area contributed by atoms with Crippen molar-refractivity contribution in [2.75, 3.05) is 0 Å². The largest absolute Gasteiger partial charge is 0.0885 e. The van der Waals surface area contributed by atoms with Crippen LogP contribution in [0.25, 0.3) is 0 Å². The Morgan fingerprint density at radius 2 is 0.542 bits per heavy atom. The highest BCUT2D eigenvalue weighted by Crippen LogP contribution is 2.65. The van der Waals surface area contributed by atoms with Gasteiger partial charge in [0.1, 0.15) is 0 Å². The smallest absolute Gasteiger partial charge is 0.0319 e. The van der Waals surface area contributed by atoms with Gasteiger partial charge in [-0.25, -0.2) is 0 Å². The van der Waals surface area contributed by atoms with Gasteiger partial charge in [-0.1, -0.05) is 108 Å². The highest BCUT2D eigenvalue weighted by molar-refractivity contribution is 5.07. The van der Waals surface area contributed by atoms with E-state index in [0.717, 1.165) is 94.7 Å². The number of hydrogen-bond acceptors (Lipinski definition) is 0. The monoisotopic (exact) mass is 655 g/mol. The second kappa shape index (κ2) is 15.4. The molecule has 0 saturated heterocycles. The summed E-state index contributed by atoms with van der Waals surface area (Å²) in [6.07, 6.45) is 52.7. The van der Waals surface area contributed by atoms with Crippen LogP contribution in [0.5, 0.6) is 0 Å². The fraction of sp³-hybridized carbons (Fsp3) is 0.958. The fourth-order valence-corrected chi connectivity index (χ4v) is 17.6. The van der Waals surface area contributed by atoms with Gasteiger partial charge in [-0.05, 0) is 191 Å². The van der Waals surface area contributed by atoms with Gasteiger partial charge in [-0.2, -0.15) is 0 Å². The van der Waals surface area contributed by atoms with Crippen molar-refractivity contribution in [1.82, 2.24) is 0 Å². The summed E-state index contributed by atoms with van der Waals surface area (Å²) >= 11 is 0.